The van der Waals surface area contributed by atoms with Crippen LogP contribution in [-0.4, -0.2) is 66.6 Å². The SMILES string of the molecule is CC.CC.CC.CC.CC.CC.CC.CC.CC.CNc1ccc2ccccc2c1.CNc1nc2ccccc2o1.CNc1nc2ccccc2s1.Cc1ccc(C)c([C-]=N)c1.Cc1ccc(C)c([C-]=N)c1.Cc1ccc(C)c([C-]=N)c1.Cc1ccc(C)c2c1C(=O)N(c1nc3ccccc3s1)C2=O.[Y].[Y].[Y]. The quantitative estimate of drug-likeness (QED) is 0.0511. The number of benzene rings is 9. The van der Waals surface area contributed by atoms with E-state index in [1.807, 2.05) is 328 Å². The van der Waals surface area contributed by atoms with Crippen LogP contribution in [0.2, 0.25) is 0 Å². The summed E-state index contributed by atoms with van der Waals surface area (Å²) in [5, 5.41) is 33.8. The predicted octanol–water partition coefficient (Wildman–Crippen LogP) is 26.6. The number of imide groups is 1. The molecule has 9 aromatic carbocycles. The Balaban J connectivity index is -0.000000272. The molecule has 3 radical (unpaired) electrons. The molecule has 0 atom stereocenters. The zero-order valence-electron chi connectivity index (χ0n) is 69.9. The fourth-order valence-corrected chi connectivity index (χ4v) is 10.5. The van der Waals surface area contributed by atoms with E-state index in [0.717, 1.165) is 82.2 Å². The number of para-hydroxylation sites is 4. The van der Waals surface area contributed by atoms with Gasteiger partial charge in [-0.25, -0.2) is 14.9 Å². The molecule has 0 spiro atoms. The van der Waals surface area contributed by atoms with Crippen LogP contribution in [0.1, 0.15) is 207 Å². The van der Waals surface area contributed by atoms with Gasteiger partial charge in [-0.15, -0.1) is 34.9 Å². The van der Waals surface area contributed by atoms with Crippen LogP contribution in [0.4, 0.5) is 22.0 Å². The molecule has 0 bridgehead atoms. The average Bonchev–Trinajstić information content (AvgIpc) is 1.59. The fraction of sp³-hybridized carbons (Fsp3) is 0.326. The van der Waals surface area contributed by atoms with Gasteiger partial charge in [0, 0.05) is 125 Å². The summed E-state index contributed by atoms with van der Waals surface area (Å²) in [6, 6.07) is 60.5. The molecule has 571 valence electrons. The molecule has 12 aromatic rings. The van der Waals surface area contributed by atoms with Gasteiger partial charge in [0.25, 0.3) is 17.8 Å². The van der Waals surface area contributed by atoms with Crippen molar-refractivity contribution in [3.8, 4) is 0 Å². The topological polar surface area (TPSA) is 197 Å². The molecule has 1 aliphatic heterocycles. The standard InChI is InChI=1S/C17H12N2O2S.C11H11N.3C9H10N.C8H8N2O.C8H8N2S.9C2H6.3Y/c1-9-7-8-10(2)14-13(9)15(20)19(16(14)21)17-18-11-5-3-4-6-12(11)22-17;1-12-11-7-6-9-4-2-3-5-10(9)8-11;3*1-7-3-4-8(2)9(5-7)6-10;2*1-9-8-10-6-4-2-3-5-7(6)11-8;9*1-2;;;/h3-8H,1-2H3;2-8,12H,1H3;3*3-5,10H,1-2H3;2*2-5H,1H3,(H,9,10);9*1-2H3;;;/q;;3*-1;;;;;;;;;;;;;;. The minimum Gasteiger partial charge on any atom is -0.424 e. The molecule has 2 amide bonds. The number of aryl methyl sites for hydroxylation is 8. The summed E-state index contributed by atoms with van der Waals surface area (Å²) in [5.41, 5.74) is 16.9. The Labute approximate surface area is 729 Å². The van der Waals surface area contributed by atoms with Crippen LogP contribution in [0, 0.1) is 71.6 Å². The number of nitrogens with zero attached hydrogens (tertiary/aromatic N) is 4. The zero-order valence-corrected chi connectivity index (χ0v) is 80.0. The van der Waals surface area contributed by atoms with Crippen LogP contribution in [0.3, 0.4) is 0 Å². The fourth-order valence-electron chi connectivity index (χ4n) is 8.72. The van der Waals surface area contributed by atoms with Crippen LogP contribution in [0.15, 0.2) is 186 Å². The van der Waals surface area contributed by atoms with Gasteiger partial charge >= 0.3 is 0 Å². The smallest absolute Gasteiger partial charge is 0.295 e. The Kier molecular flexibility index (Phi) is 70.2. The number of anilines is 4. The van der Waals surface area contributed by atoms with Gasteiger partial charge in [-0.3, -0.25) is 9.59 Å². The van der Waals surface area contributed by atoms with Crippen molar-refractivity contribution in [2.75, 3.05) is 42.0 Å². The van der Waals surface area contributed by atoms with Gasteiger partial charge in [-0.2, -0.15) is 56.6 Å². The van der Waals surface area contributed by atoms with Crippen molar-refractivity contribution < 1.29 is 112 Å². The molecule has 1 aliphatic rings. The van der Waals surface area contributed by atoms with Crippen molar-refractivity contribution in [1.29, 1.82) is 16.2 Å². The first-order valence-corrected chi connectivity index (χ1v) is 38.2. The summed E-state index contributed by atoms with van der Waals surface area (Å²) in [5.74, 6) is -0.555. The van der Waals surface area contributed by atoms with E-state index in [2.05, 4.69) is 98.1 Å². The number of oxazole rings is 1. The third-order valence-corrected chi connectivity index (χ3v) is 15.6. The molecule has 13 rings (SSSR count). The van der Waals surface area contributed by atoms with Gasteiger partial charge in [-0.05, 0) is 84.3 Å². The molecule has 3 aromatic heterocycles. The summed E-state index contributed by atoms with van der Waals surface area (Å²) in [6.07, 6.45) is 7.16. The maximum absolute atomic E-state index is 12.7. The summed E-state index contributed by atoms with van der Waals surface area (Å²) < 4.78 is 7.49. The normalized spacial score (nSPS) is 9.26. The molecule has 6 N–H and O–H groups in total. The van der Waals surface area contributed by atoms with Gasteiger partial charge in [0.15, 0.2) is 10.7 Å². The molecule has 0 saturated carbocycles. The first-order valence-electron chi connectivity index (χ1n) is 36.6. The molecular formula is C89H123N10O3S2Y3-3. The van der Waals surface area contributed by atoms with E-state index in [1.54, 1.807) is 18.4 Å². The Hall–Kier alpha value is -6.65. The minimum absolute atomic E-state index is 0. The number of aromatic nitrogens is 3. The number of hydrogen-bond donors (Lipinski definition) is 6. The molecule has 0 aliphatic carbocycles. The number of rotatable bonds is 7. The Morgan fingerprint density at radius 2 is 0.720 bits per heavy atom. The van der Waals surface area contributed by atoms with Crippen molar-refractivity contribution in [1.82, 2.24) is 15.0 Å². The number of carbonyl (C=O) groups is 2. The maximum atomic E-state index is 12.7. The van der Waals surface area contributed by atoms with Crippen LogP contribution in [-0.2, 0) is 98.1 Å². The molecule has 0 saturated heterocycles. The minimum atomic E-state index is -0.278. The van der Waals surface area contributed by atoms with E-state index in [0.29, 0.717) is 22.3 Å². The van der Waals surface area contributed by atoms with E-state index in [4.69, 9.17) is 20.6 Å². The molecule has 13 nitrogen and oxygen atoms in total. The van der Waals surface area contributed by atoms with E-state index in [1.165, 1.54) is 48.4 Å². The van der Waals surface area contributed by atoms with Crippen LogP contribution in [0.25, 0.3) is 42.3 Å². The van der Waals surface area contributed by atoms with E-state index in [9.17, 15) is 9.59 Å². The zero-order chi connectivity index (χ0) is 79.9. The van der Waals surface area contributed by atoms with E-state index < -0.39 is 0 Å². The number of amides is 2. The first-order chi connectivity index (χ1) is 50.5. The van der Waals surface area contributed by atoms with E-state index >= 15 is 0 Å². The maximum Gasteiger partial charge on any atom is 0.295 e. The van der Waals surface area contributed by atoms with E-state index in [-0.39, 0.29) is 110 Å². The number of fused-ring (bicyclic) bond motifs is 5. The van der Waals surface area contributed by atoms with Crippen LogP contribution in [0.5, 0.6) is 0 Å². The number of hydrogen-bond acceptors (Lipinski definition) is 14. The van der Waals surface area contributed by atoms with Gasteiger partial charge < -0.3 is 36.6 Å². The molecule has 18 heteroatoms. The molecular weight excluding hydrogens is 1590 g/mol. The second-order valence-corrected chi connectivity index (χ2v) is 22.0. The Morgan fingerprint density at radius 3 is 1.07 bits per heavy atom. The summed E-state index contributed by atoms with van der Waals surface area (Å²) in [4.78, 5) is 39.6. The van der Waals surface area contributed by atoms with Gasteiger partial charge in [-0.1, -0.05) is 305 Å². The molecule has 107 heavy (non-hydrogen) atoms. The summed E-state index contributed by atoms with van der Waals surface area (Å²) >= 11 is 3.03. The largest absolute Gasteiger partial charge is 0.424 e. The number of thiazole rings is 2. The monoisotopic (exact) mass is 1710 g/mol. The van der Waals surface area contributed by atoms with Crippen molar-refractivity contribution in [2.45, 2.75) is 180 Å². The molecule has 0 fully saturated rings. The summed E-state index contributed by atoms with van der Waals surface area (Å²) in [7, 11) is 5.60. The van der Waals surface area contributed by atoms with Gasteiger partial charge in [0.1, 0.15) is 5.52 Å². The van der Waals surface area contributed by atoms with Crippen LogP contribution < -0.4 is 20.9 Å². The molecule has 0 unspecified atom stereocenters. The third-order valence-electron chi connectivity index (χ3n) is 13.6. The number of nitrogens with one attached hydrogen (secondary N) is 6. The van der Waals surface area contributed by atoms with Crippen molar-refractivity contribution >= 4 is 117 Å². The summed E-state index contributed by atoms with van der Waals surface area (Å²) in [6.45, 7) is 51.7. The third kappa shape index (κ3) is 37.6. The first kappa shape index (κ1) is 111. The van der Waals surface area contributed by atoms with Crippen molar-refractivity contribution in [3.05, 3.63) is 254 Å². The predicted molar refractivity (Wildman–Crippen MR) is 463 cm³/mol. The number of carbonyl (C=O) groups excluding carboxylic acids is 2. The van der Waals surface area contributed by atoms with Gasteiger partial charge in [0.05, 0.1) is 31.6 Å². The van der Waals surface area contributed by atoms with Gasteiger partial charge in [0.2, 0.25) is 5.13 Å². The Morgan fingerprint density at radius 1 is 0.364 bits per heavy atom. The van der Waals surface area contributed by atoms with Crippen molar-refractivity contribution in [2.24, 2.45) is 0 Å². The molecule has 4 heterocycles. The second kappa shape index (κ2) is 67.5. The second-order valence-electron chi connectivity index (χ2n) is 20.0. The average molecular weight is 1710 g/mol. The van der Waals surface area contributed by atoms with Crippen molar-refractivity contribution in [3.63, 3.8) is 0 Å². The Bertz CT molecular complexity index is 4010. The van der Waals surface area contributed by atoms with Crippen LogP contribution >= 0.6 is 22.7 Å².